The third-order valence-corrected chi connectivity index (χ3v) is 6.62. The van der Waals surface area contributed by atoms with Crippen molar-refractivity contribution in [1.29, 1.82) is 0 Å². The summed E-state index contributed by atoms with van der Waals surface area (Å²) in [6, 6.07) is 9.41. The molecule has 0 unspecified atom stereocenters. The molecule has 0 saturated heterocycles. The SMILES string of the molecule is CCCN(CC(=O)N1CCc2sccc2[C@@H]1COc1cccc(OC)c1)C(=O)CC(C)C. The van der Waals surface area contributed by atoms with Gasteiger partial charge in [-0.2, -0.15) is 0 Å². The normalized spacial score (nSPS) is 15.4. The van der Waals surface area contributed by atoms with Crippen LogP contribution in [0.2, 0.25) is 0 Å². The summed E-state index contributed by atoms with van der Waals surface area (Å²) in [5.41, 5.74) is 1.15. The molecule has 6 nitrogen and oxygen atoms in total. The molecule has 174 valence electrons. The van der Waals surface area contributed by atoms with Crippen molar-refractivity contribution in [2.24, 2.45) is 5.92 Å². The number of nitrogens with zero attached hydrogens (tertiary/aromatic N) is 2. The van der Waals surface area contributed by atoms with E-state index in [0.717, 1.165) is 24.2 Å². The van der Waals surface area contributed by atoms with Crippen molar-refractivity contribution >= 4 is 23.2 Å². The van der Waals surface area contributed by atoms with Gasteiger partial charge in [0.15, 0.2) is 0 Å². The van der Waals surface area contributed by atoms with Crippen LogP contribution in [0.15, 0.2) is 35.7 Å². The molecule has 0 saturated carbocycles. The molecular weight excluding hydrogens is 424 g/mol. The average Bonchev–Trinajstić information content (AvgIpc) is 3.25. The second-order valence-electron chi connectivity index (χ2n) is 8.56. The maximum absolute atomic E-state index is 13.4. The lowest BCUT2D eigenvalue weighted by Gasteiger charge is -2.37. The van der Waals surface area contributed by atoms with Gasteiger partial charge in [0.25, 0.3) is 0 Å². The number of carbonyl (C=O) groups excluding carboxylic acids is 2. The van der Waals surface area contributed by atoms with E-state index in [2.05, 4.69) is 11.4 Å². The highest BCUT2D eigenvalue weighted by Crippen LogP contribution is 2.34. The van der Waals surface area contributed by atoms with Gasteiger partial charge in [0.2, 0.25) is 11.8 Å². The molecule has 2 heterocycles. The molecule has 2 amide bonds. The number of benzene rings is 1. The number of rotatable bonds is 10. The van der Waals surface area contributed by atoms with Crippen LogP contribution in [0.25, 0.3) is 0 Å². The molecule has 1 aromatic carbocycles. The van der Waals surface area contributed by atoms with Crippen LogP contribution in [-0.2, 0) is 16.0 Å². The van der Waals surface area contributed by atoms with Crippen LogP contribution in [0.4, 0.5) is 0 Å². The molecule has 0 spiro atoms. The summed E-state index contributed by atoms with van der Waals surface area (Å²) in [4.78, 5) is 31.0. The molecule has 1 atom stereocenters. The van der Waals surface area contributed by atoms with E-state index in [1.165, 1.54) is 4.88 Å². The Kier molecular flexibility index (Phi) is 8.56. The van der Waals surface area contributed by atoms with Gasteiger partial charge < -0.3 is 19.3 Å². The second-order valence-corrected chi connectivity index (χ2v) is 9.56. The monoisotopic (exact) mass is 458 g/mol. The van der Waals surface area contributed by atoms with E-state index in [1.807, 2.05) is 49.9 Å². The van der Waals surface area contributed by atoms with Gasteiger partial charge in [0, 0.05) is 30.5 Å². The molecule has 0 N–H and O–H groups in total. The molecule has 0 radical (unpaired) electrons. The number of methoxy groups -OCH3 is 1. The van der Waals surface area contributed by atoms with Crippen LogP contribution in [0.1, 0.15) is 50.1 Å². The zero-order chi connectivity index (χ0) is 23.1. The third-order valence-electron chi connectivity index (χ3n) is 5.62. The number of ether oxygens (including phenoxy) is 2. The van der Waals surface area contributed by atoms with Gasteiger partial charge in [0.05, 0.1) is 19.7 Å². The molecule has 7 heteroatoms. The maximum Gasteiger partial charge on any atom is 0.242 e. The maximum atomic E-state index is 13.4. The van der Waals surface area contributed by atoms with Crippen molar-refractivity contribution < 1.29 is 19.1 Å². The Balaban J connectivity index is 1.75. The lowest BCUT2D eigenvalue weighted by atomic mass is 10.00. The summed E-state index contributed by atoms with van der Waals surface area (Å²) in [5.74, 6) is 1.73. The van der Waals surface area contributed by atoms with Gasteiger partial charge in [-0.1, -0.05) is 26.8 Å². The van der Waals surface area contributed by atoms with E-state index in [-0.39, 0.29) is 30.3 Å². The summed E-state index contributed by atoms with van der Waals surface area (Å²) < 4.78 is 11.4. The van der Waals surface area contributed by atoms with E-state index >= 15 is 0 Å². The Morgan fingerprint density at radius 2 is 2.03 bits per heavy atom. The summed E-state index contributed by atoms with van der Waals surface area (Å²) in [5, 5.41) is 2.08. The zero-order valence-corrected chi connectivity index (χ0v) is 20.3. The molecule has 3 rings (SSSR count). The number of thiophene rings is 1. The van der Waals surface area contributed by atoms with Crippen LogP contribution in [0, 0.1) is 5.92 Å². The first-order valence-corrected chi connectivity index (χ1v) is 12.2. The Labute approximate surface area is 195 Å². The van der Waals surface area contributed by atoms with Gasteiger partial charge >= 0.3 is 0 Å². The van der Waals surface area contributed by atoms with E-state index in [0.29, 0.717) is 31.9 Å². The second kappa shape index (κ2) is 11.4. The standard InChI is InChI=1S/C25H34N2O4S/c1-5-11-26(24(28)14-18(2)3)16-25(29)27-12-9-23-21(10-13-32-23)22(27)17-31-20-8-6-7-19(15-20)30-4/h6-8,10,13,15,18,22H,5,9,11-12,14,16-17H2,1-4H3/t22-/m0/s1. The predicted molar refractivity (Wildman–Crippen MR) is 127 cm³/mol. The van der Waals surface area contributed by atoms with Crippen molar-refractivity contribution in [1.82, 2.24) is 9.80 Å². The minimum Gasteiger partial charge on any atom is -0.497 e. The first kappa shape index (κ1) is 24.1. The lowest BCUT2D eigenvalue weighted by molar-refractivity contribution is -0.143. The molecule has 0 aliphatic carbocycles. The summed E-state index contributed by atoms with van der Waals surface area (Å²) in [6.07, 6.45) is 2.13. The minimum absolute atomic E-state index is 0.0216. The fraction of sp³-hybridized carbons (Fsp3) is 0.520. The summed E-state index contributed by atoms with van der Waals surface area (Å²) in [7, 11) is 1.63. The molecular formula is C25H34N2O4S. The van der Waals surface area contributed by atoms with Crippen molar-refractivity contribution in [3.05, 3.63) is 46.2 Å². The van der Waals surface area contributed by atoms with Crippen molar-refractivity contribution in [3.8, 4) is 11.5 Å². The highest BCUT2D eigenvalue weighted by Gasteiger charge is 2.33. The van der Waals surface area contributed by atoms with E-state index in [9.17, 15) is 9.59 Å². The minimum atomic E-state index is -0.174. The van der Waals surface area contributed by atoms with Crippen LogP contribution >= 0.6 is 11.3 Å². The van der Waals surface area contributed by atoms with Crippen molar-refractivity contribution in [3.63, 3.8) is 0 Å². The third kappa shape index (κ3) is 6.03. The number of carbonyl (C=O) groups is 2. The highest BCUT2D eigenvalue weighted by atomic mass is 32.1. The molecule has 2 aromatic rings. The molecule has 1 aliphatic rings. The largest absolute Gasteiger partial charge is 0.497 e. The van der Waals surface area contributed by atoms with Gasteiger partial charge in [-0.25, -0.2) is 0 Å². The van der Waals surface area contributed by atoms with Gasteiger partial charge in [-0.3, -0.25) is 9.59 Å². The van der Waals surface area contributed by atoms with Gasteiger partial charge in [-0.15, -0.1) is 11.3 Å². The number of fused-ring (bicyclic) bond motifs is 1. The zero-order valence-electron chi connectivity index (χ0n) is 19.5. The van der Waals surface area contributed by atoms with E-state index in [1.54, 1.807) is 23.3 Å². The summed E-state index contributed by atoms with van der Waals surface area (Å²) in [6.45, 7) is 7.79. The number of hydrogen-bond acceptors (Lipinski definition) is 5. The first-order valence-electron chi connectivity index (χ1n) is 11.3. The first-order chi connectivity index (χ1) is 15.4. The Morgan fingerprint density at radius 3 is 2.75 bits per heavy atom. The van der Waals surface area contributed by atoms with Gasteiger partial charge in [-0.05, 0) is 47.9 Å². The number of hydrogen-bond donors (Lipinski definition) is 0. The Bertz CT molecular complexity index is 911. The van der Waals surface area contributed by atoms with Gasteiger partial charge in [0.1, 0.15) is 18.1 Å². The van der Waals surface area contributed by atoms with E-state index < -0.39 is 0 Å². The quantitative estimate of drug-likeness (QED) is 0.524. The molecule has 1 aliphatic heterocycles. The topological polar surface area (TPSA) is 59.1 Å². The van der Waals surface area contributed by atoms with Crippen LogP contribution < -0.4 is 9.47 Å². The fourth-order valence-electron chi connectivity index (χ4n) is 4.04. The van der Waals surface area contributed by atoms with Crippen molar-refractivity contribution in [2.45, 2.75) is 46.1 Å². The van der Waals surface area contributed by atoms with Crippen molar-refractivity contribution in [2.75, 3.05) is 33.4 Å². The fourth-order valence-corrected chi connectivity index (χ4v) is 4.96. The highest BCUT2D eigenvalue weighted by molar-refractivity contribution is 7.10. The molecule has 0 bridgehead atoms. The average molecular weight is 459 g/mol. The smallest absolute Gasteiger partial charge is 0.242 e. The number of amides is 2. The lowest BCUT2D eigenvalue weighted by Crippen LogP contribution is -2.48. The Hall–Kier alpha value is -2.54. The van der Waals surface area contributed by atoms with E-state index in [4.69, 9.17) is 9.47 Å². The summed E-state index contributed by atoms with van der Waals surface area (Å²) >= 11 is 1.73. The predicted octanol–water partition coefficient (Wildman–Crippen LogP) is 4.55. The van der Waals surface area contributed by atoms with Crippen LogP contribution in [0.5, 0.6) is 11.5 Å². The molecule has 1 aromatic heterocycles. The Morgan fingerprint density at radius 1 is 1.25 bits per heavy atom. The molecule has 32 heavy (non-hydrogen) atoms. The van der Waals surface area contributed by atoms with Crippen LogP contribution in [0.3, 0.4) is 0 Å². The van der Waals surface area contributed by atoms with Crippen LogP contribution in [-0.4, -0.2) is 55.0 Å². The molecule has 0 fully saturated rings.